The molecule has 1 aromatic carbocycles. The molecule has 0 spiro atoms. The first-order chi connectivity index (χ1) is 8.65. The molecule has 5 nitrogen and oxygen atoms in total. The topological polar surface area (TPSA) is 76.5 Å². The summed E-state index contributed by atoms with van der Waals surface area (Å²) in [6.07, 6.45) is 1.42. The third-order valence-electron chi connectivity index (χ3n) is 2.51. The Balaban J connectivity index is 2.23. The Kier molecular flexibility index (Phi) is 2.16. The maximum atomic E-state index is 13.4. The van der Waals surface area contributed by atoms with Crippen LogP contribution < -0.4 is 0 Å². The summed E-state index contributed by atoms with van der Waals surface area (Å²) in [6.45, 7) is 0. The van der Waals surface area contributed by atoms with E-state index in [9.17, 15) is 9.18 Å². The largest absolute Gasteiger partial charge is 0.476 e. The summed E-state index contributed by atoms with van der Waals surface area (Å²) >= 11 is 0. The molecule has 0 aliphatic heterocycles. The van der Waals surface area contributed by atoms with Crippen LogP contribution >= 0.6 is 0 Å². The molecule has 3 aromatic rings. The lowest BCUT2D eigenvalue weighted by Gasteiger charge is -1.97. The molecule has 0 unspecified atom stereocenters. The van der Waals surface area contributed by atoms with Crippen molar-refractivity contribution in [1.82, 2.24) is 5.16 Å². The van der Waals surface area contributed by atoms with E-state index in [2.05, 4.69) is 5.16 Å². The SMILES string of the molecule is O=C(O)c1cc(-c2cc(F)cc3ccoc23)on1. The third-order valence-corrected chi connectivity index (χ3v) is 2.51. The van der Waals surface area contributed by atoms with Crippen LogP contribution in [0.1, 0.15) is 10.5 Å². The van der Waals surface area contributed by atoms with E-state index >= 15 is 0 Å². The van der Waals surface area contributed by atoms with Gasteiger partial charge >= 0.3 is 5.97 Å². The smallest absolute Gasteiger partial charge is 0.358 e. The first kappa shape index (κ1) is 10.5. The fourth-order valence-corrected chi connectivity index (χ4v) is 1.73. The van der Waals surface area contributed by atoms with E-state index in [-0.39, 0.29) is 11.5 Å². The van der Waals surface area contributed by atoms with Gasteiger partial charge in [-0.2, -0.15) is 0 Å². The highest BCUT2D eigenvalue weighted by Gasteiger charge is 2.16. The first-order valence-corrected chi connectivity index (χ1v) is 5.02. The quantitative estimate of drug-likeness (QED) is 0.753. The number of nitrogens with zero attached hydrogens (tertiary/aromatic N) is 1. The Morgan fingerprint density at radius 2 is 2.17 bits per heavy atom. The van der Waals surface area contributed by atoms with Crippen molar-refractivity contribution in [2.45, 2.75) is 0 Å². The molecule has 0 radical (unpaired) electrons. The maximum absolute atomic E-state index is 13.4. The normalized spacial score (nSPS) is 10.9. The van der Waals surface area contributed by atoms with Gasteiger partial charge in [-0.25, -0.2) is 9.18 Å². The predicted molar refractivity (Wildman–Crippen MR) is 58.6 cm³/mol. The fraction of sp³-hybridized carbons (Fsp3) is 0. The zero-order valence-electron chi connectivity index (χ0n) is 8.88. The lowest BCUT2D eigenvalue weighted by Crippen LogP contribution is -1.94. The van der Waals surface area contributed by atoms with Gasteiger partial charge in [0.05, 0.1) is 11.8 Å². The highest BCUT2D eigenvalue weighted by Crippen LogP contribution is 2.30. The molecule has 90 valence electrons. The van der Waals surface area contributed by atoms with Crippen LogP contribution in [0.2, 0.25) is 0 Å². The Morgan fingerprint density at radius 3 is 2.89 bits per heavy atom. The van der Waals surface area contributed by atoms with Crippen molar-refractivity contribution >= 4 is 16.9 Å². The Bertz CT molecular complexity index is 743. The summed E-state index contributed by atoms with van der Waals surface area (Å²) in [5.74, 6) is -1.53. The molecule has 3 rings (SSSR count). The van der Waals surface area contributed by atoms with E-state index in [0.717, 1.165) is 0 Å². The van der Waals surface area contributed by atoms with Gasteiger partial charge < -0.3 is 14.0 Å². The van der Waals surface area contributed by atoms with Crippen molar-refractivity contribution < 1.29 is 23.2 Å². The van der Waals surface area contributed by atoms with E-state index in [4.69, 9.17) is 14.0 Å². The van der Waals surface area contributed by atoms with Crippen molar-refractivity contribution in [2.24, 2.45) is 0 Å². The van der Waals surface area contributed by atoms with Crippen LogP contribution in [0.3, 0.4) is 0 Å². The van der Waals surface area contributed by atoms with Gasteiger partial charge in [0.2, 0.25) is 0 Å². The van der Waals surface area contributed by atoms with Crippen LogP contribution in [0, 0.1) is 5.82 Å². The number of hydrogen-bond donors (Lipinski definition) is 1. The molecule has 1 N–H and O–H groups in total. The van der Waals surface area contributed by atoms with Crippen LogP contribution in [0.25, 0.3) is 22.3 Å². The van der Waals surface area contributed by atoms with Gasteiger partial charge in [0.15, 0.2) is 11.5 Å². The zero-order valence-corrected chi connectivity index (χ0v) is 8.88. The Hall–Kier alpha value is -2.63. The van der Waals surface area contributed by atoms with E-state index in [0.29, 0.717) is 16.5 Å². The summed E-state index contributed by atoms with van der Waals surface area (Å²) in [7, 11) is 0. The van der Waals surface area contributed by atoms with Gasteiger partial charge in [-0.15, -0.1) is 0 Å². The highest BCUT2D eigenvalue weighted by molar-refractivity contribution is 5.93. The zero-order chi connectivity index (χ0) is 12.7. The minimum Gasteiger partial charge on any atom is -0.476 e. The minimum absolute atomic E-state index is 0.145. The number of halogens is 1. The molecule has 2 heterocycles. The number of aromatic nitrogens is 1. The second-order valence-electron chi connectivity index (χ2n) is 3.67. The molecule has 6 heteroatoms. The first-order valence-electron chi connectivity index (χ1n) is 5.02. The fourth-order valence-electron chi connectivity index (χ4n) is 1.73. The van der Waals surface area contributed by atoms with Crippen molar-refractivity contribution in [3.8, 4) is 11.3 Å². The molecule has 0 bridgehead atoms. The minimum atomic E-state index is -1.21. The van der Waals surface area contributed by atoms with Gasteiger partial charge in [-0.3, -0.25) is 0 Å². The number of carbonyl (C=O) groups is 1. The summed E-state index contributed by atoms with van der Waals surface area (Å²) in [5.41, 5.74) is 0.508. The summed E-state index contributed by atoms with van der Waals surface area (Å²) in [5, 5.41) is 12.7. The van der Waals surface area contributed by atoms with Crippen molar-refractivity contribution in [3.05, 3.63) is 42.0 Å². The molecule has 0 saturated heterocycles. The average molecular weight is 247 g/mol. The van der Waals surface area contributed by atoms with Gasteiger partial charge in [-0.05, 0) is 18.2 Å². The number of carboxylic acids is 1. The number of furan rings is 1. The highest BCUT2D eigenvalue weighted by atomic mass is 19.1. The number of aromatic carboxylic acids is 1. The van der Waals surface area contributed by atoms with Crippen molar-refractivity contribution in [1.29, 1.82) is 0 Å². The standard InChI is InChI=1S/C12H6FNO4/c13-7-3-6-1-2-17-11(6)8(4-7)10-5-9(12(15)16)14-18-10/h1-5H,(H,15,16). The van der Waals surface area contributed by atoms with E-state index in [1.807, 2.05) is 0 Å². The van der Waals surface area contributed by atoms with Crippen LogP contribution in [-0.4, -0.2) is 16.2 Å². The Labute approximate surface area is 99.4 Å². The Morgan fingerprint density at radius 1 is 1.33 bits per heavy atom. The van der Waals surface area contributed by atoms with Gasteiger partial charge in [-0.1, -0.05) is 5.16 Å². The number of benzene rings is 1. The molecular weight excluding hydrogens is 241 g/mol. The molecule has 0 aliphatic carbocycles. The summed E-state index contributed by atoms with van der Waals surface area (Å²) in [4.78, 5) is 10.7. The number of hydrogen-bond acceptors (Lipinski definition) is 4. The number of rotatable bonds is 2. The van der Waals surface area contributed by atoms with Gasteiger partial charge in [0.1, 0.15) is 11.4 Å². The second-order valence-corrected chi connectivity index (χ2v) is 3.67. The molecule has 0 aliphatic rings. The molecule has 18 heavy (non-hydrogen) atoms. The van der Waals surface area contributed by atoms with Crippen LogP contribution in [0.5, 0.6) is 0 Å². The molecule has 0 fully saturated rings. The predicted octanol–water partition coefficient (Wildman–Crippen LogP) is 2.93. The maximum Gasteiger partial charge on any atom is 0.358 e. The lowest BCUT2D eigenvalue weighted by atomic mass is 10.1. The summed E-state index contributed by atoms with van der Waals surface area (Å²) in [6, 6.07) is 5.35. The van der Waals surface area contributed by atoms with Crippen LogP contribution in [0.4, 0.5) is 4.39 Å². The molecular formula is C12H6FNO4. The number of fused-ring (bicyclic) bond motifs is 1. The third kappa shape index (κ3) is 1.55. The van der Waals surface area contributed by atoms with Crippen molar-refractivity contribution in [2.75, 3.05) is 0 Å². The lowest BCUT2D eigenvalue weighted by molar-refractivity contribution is 0.0686. The van der Waals surface area contributed by atoms with Gasteiger partial charge in [0.25, 0.3) is 0 Å². The van der Waals surface area contributed by atoms with Crippen molar-refractivity contribution in [3.63, 3.8) is 0 Å². The van der Waals surface area contributed by atoms with E-state index < -0.39 is 11.8 Å². The van der Waals surface area contributed by atoms with Gasteiger partial charge in [0, 0.05) is 11.5 Å². The molecule has 0 atom stereocenters. The summed E-state index contributed by atoms with van der Waals surface area (Å²) < 4.78 is 23.5. The molecule has 2 aromatic heterocycles. The average Bonchev–Trinajstić information content (AvgIpc) is 2.95. The number of carboxylic acid groups (broad SMARTS) is 1. The monoisotopic (exact) mass is 247 g/mol. The van der Waals surface area contributed by atoms with Crippen LogP contribution in [0.15, 0.2) is 39.5 Å². The van der Waals surface area contributed by atoms with E-state index in [1.54, 1.807) is 6.07 Å². The molecule has 0 saturated carbocycles. The molecule has 0 amide bonds. The van der Waals surface area contributed by atoms with E-state index in [1.165, 1.54) is 24.5 Å². The second kappa shape index (κ2) is 3.69. The van der Waals surface area contributed by atoms with Crippen LogP contribution in [-0.2, 0) is 0 Å².